The minimum atomic E-state index is 0.00789. The monoisotopic (exact) mass is 293 g/mol. The Morgan fingerprint density at radius 2 is 1.90 bits per heavy atom. The van der Waals surface area contributed by atoms with E-state index in [-0.39, 0.29) is 11.2 Å². The van der Waals surface area contributed by atoms with Crippen LogP contribution in [0.2, 0.25) is 0 Å². The lowest BCUT2D eigenvalue weighted by Crippen LogP contribution is -2.45. The van der Waals surface area contributed by atoms with Crippen molar-refractivity contribution in [2.24, 2.45) is 23.7 Å². The number of ether oxygens (including phenoxy) is 1. The Labute approximate surface area is 131 Å². The average molecular weight is 293 g/mol. The first-order valence-corrected chi connectivity index (χ1v) is 9.24. The number of fused-ring (bicyclic) bond motifs is 2. The highest BCUT2D eigenvalue weighted by molar-refractivity contribution is 5.01. The minimum absolute atomic E-state index is 0.00789. The third-order valence-electron chi connectivity index (χ3n) is 6.54. The van der Waals surface area contributed by atoms with Crippen molar-refractivity contribution >= 4 is 0 Å². The average Bonchev–Trinajstić information content (AvgIpc) is 3.01. The van der Waals surface area contributed by atoms with Crippen molar-refractivity contribution in [3.63, 3.8) is 0 Å². The zero-order chi connectivity index (χ0) is 15.3. The summed E-state index contributed by atoms with van der Waals surface area (Å²) in [6, 6.07) is 0.635. The van der Waals surface area contributed by atoms with Gasteiger partial charge in [-0.05, 0) is 84.1 Å². The molecule has 5 unspecified atom stereocenters. The van der Waals surface area contributed by atoms with Crippen LogP contribution in [0.1, 0.15) is 73.1 Å². The normalized spacial score (nSPS) is 41.6. The summed E-state index contributed by atoms with van der Waals surface area (Å²) in [7, 11) is 0. The van der Waals surface area contributed by atoms with Gasteiger partial charge in [-0.3, -0.25) is 0 Å². The van der Waals surface area contributed by atoms with Crippen LogP contribution >= 0.6 is 0 Å². The van der Waals surface area contributed by atoms with Gasteiger partial charge in [0.1, 0.15) is 0 Å². The SMILES string of the molecule is CCNC(CC1CC2CCC1C2)C1CC(C)(C)OC1(C)C. The molecule has 0 spiro atoms. The van der Waals surface area contributed by atoms with Crippen molar-refractivity contribution in [2.45, 2.75) is 90.4 Å². The van der Waals surface area contributed by atoms with Crippen molar-refractivity contribution in [3.8, 4) is 0 Å². The molecule has 1 heterocycles. The summed E-state index contributed by atoms with van der Waals surface area (Å²) in [4.78, 5) is 0. The van der Waals surface area contributed by atoms with Crippen molar-refractivity contribution in [3.05, 3.63) is 0 Å². The molecule has 1 saturated heterocycles. The molecular weight excluding hydrogens is 258 g/mol. The van der Waals surface area contributed by atoms with E-state index >= 15 is 0 Å². The maximum Gasteiger partial charge on any atom is 0.0677 e. The molecule has 1 aliphatic heterocycles. The van der Waals surface area contributed by atoms with Crippen LogP contribution in [0.5, 0.6) is 0 Å². The molecule has 0 aromatic rings. The highest BCUT2D eigenvalue weighted by atomic mass is 16.5. The highest BCUT2D eigenvalue weighted by Gasteiger charge is 2.50. The van der Waals surface area contributed by atoms with Gasteiger partial charge in [-0.25, -0.2) is 0 Å². The molecule has 1 N–H and O–H groups in total. The molecular formula is C19H35NO. The number of hydrogen-bond donors (Lipinski definition) is 1. The number of nitrogens with one attached hydrogen (secondary N) is 1. The van der Waals surface area contributed by atoms with E-state index in [1.54, 1.807) is 0 Å². The van der Waals surface area contributed by atoms with Gasteiger partial charge in [0.2, 0.25) is 0 Å². The molecule has 3 rings (SSSR count). The third kappa shape index (κ3) is 3.17. The fraction of sp³-hybridized carbons (Fsp3) is 1.00. The minimum Gasteiger partial charge on any atom is -0.369 e. The van der Waals surface area contributed by atoms with Crippen LogP contribution in [0.25, 0.3) is 0 Å². The molecule has 0 aromatic carbocycles. The molecule has 2 bridgehead atoms. The molecule has 0 amide bonds. The zero-order valence-electron chi connectivity index (χ0n) is 14.7. The molecule has 2 nitrogen and oxygen atoms in total. The second-order valence-corrected chi connectivity index (χ2v) is 9.11. The molecule has 2 heteroatoms. The van der Waals surface area contributed by atoms with E-state index in [1.165, 1.54) is 38.5 Å². The lowest BCUT2D eigenvalue weighted by molar-refractivity contribution is -0.0784. The molecule has 2 saturated carbocycles. The Kier molecular flexibility index (Phi) is 4.16. The highest BCUT2D eigenvalue weighted by Crippen LogP contribution is 2.52. The Morgan fingerprint density at radius 3 is 2.38 bits per heavy atom. The maximum atomic E-state index is 6.36. The second-order valence-electron chi connectivity index (χ2n) is 9.11. The summed E-state index contributed by atoms with van der Waals surface area (Å²) in [5.41, 5.74) is 0.0461. The standard InChI is InChI=1S/C19H35NO/c1-6-20-17(11-15-10-13-7-8-14(15)9-13)16-12-18(2,3)21-19(16,4)5/h13-17,20H,6-12H2,1-5H3. The van der Waals surface area contributed by atoms with Gasteiger partial charge in [0.25, 0.3) is 0 Å². The van der Waals surface area contributed by atoms with Crippen LogP contribution < -0.4 is 5.32 Å². The first-order chi connectivity index (χ1) is 9.81. The lowest BCUT2D eigenvalue weighted by atomic mass is 9.75. The predicted molar refractivity (Wildman–Crippen MR) is 88.4 cm³/mol. The number of hydrogen-bond acceptors (Lipinski definition) is 2. The van der Waals surface area contributed by atoms with Crippen LogP contribution in [-0.2, 0) is 4.74 Å². The van der Waals surface area contributed by atoms with E-state index < -0.39 is 0 Å². The van der Waals surface area contributed by atoms with E-state index in [4.69, 9.17) is 4.74 Å². The summed E-state index contributed by atoms with van der Waals surface area (Å²) >= 11 is 0. The zero-order valence-corrected chi connectivity index (χ0v) is 14.7. The summed E-state index contributed by atoms with van der Waals surface area (Å²) < 4.78 is 6.36. The van der Waals surface area contributed by atoms with Crippen molar-refractivity contribution in [1.82, 2.24) is 5.32 Å². The Hall–Kier alpha value is -0.0800. The summed E-state index contributed by atoms with van der Waals surface area (Å²) in [6.07, 6.45) is 8.62. The van der Waals surface area contributed by atoms with Crippen LogP contribution in [0.15, 0.2) is 0 Å². The van der Waals surface area contributed by atoms with Crippen LogP contribution in [0, 0.1) is 23.7 Å². The Morgan fingerprint density at radius 1 is 1.14 bits per heavy atom. The molecule has 5 atom stereocenters. The van der Waals surface area contributed by atoms with Gasteiger partial charge < -0.3 is 10.1 Å². The van der Waals surface area contributed by atoms with Gasteiger partial charge in [0.05, 0.1) is 11.2 Å². The third-order valence-corrected chi connectivity index (χ3v) is 6.54. The van der Waals surface area contributed by atoms with Gasteiger partial charge in [-0.15, -0.1) is 0 Å². The summed E-state index contributed by atoms with van der Waals surface area (Å²) in [6.45, 7) is 12.5. The van der Waals surface area contributed by atoms with Gasteiger partial charge in [-0.2, -0.15) is 0 Å². The van der Waals surface area contributed by atoms with Crippen molar-refractivity contribution in [2.75, 3.05) is 6.54 Å². The first kappa shape index (κ1) is 15.8. The lowest BCUT2D eigenvalue weighted by Gasteiger charge is -2.36. The summed E-state index contributed by atoms with van der Waals surface area (Å²) in [5, 5.41) is 3.82. The number of rotatable bonds is 5. The van der Waals surface area contributed by atoms with E-state index in [0.717, 1.165) is 24.3 Å². The van der Waals surface area contributed by atoms with E-state index in [1.807, 2.05) is 0 Å². The maximum absolute atomic E-state index is 6.36. The molecule has 0 aromatic heterocycles. The smallest absolute Gasteiger partial charge is 0.0677 e. The molecule has 2 aliphatic carbocycles. The van der Waals surface area contributed by atoms with Crippen molar-refractivity contribution < 1.29 is 4.74 Å². The molecule has 0 radical (unpaired) electrons. The largest absolute Gasteiger partial charge is 0.369 e. The Bertz CT molecular complexity index is 376. The van der Waals surface area contributed by atoms with E-state index in [9.17, 15) is 0 Å². The fourth-order valence-electron chi connectivity index (χ4n) is 5.87. The van der Waals surface area contributed by atoms with Gasteiger partial charge in [-0.1, -0.05) is 13.3 Å². The van der Waals surface area contributed by atoms with Crippen LogP contribution in [-0.4, -0.2) is 23.8 Å². The van der Waals surface area contributed by atoms with Crippen LogP contribution in [0.4, 0.5) is 0 Å². The molecule has 3 fully saturated rings. The van der Waals surface area contributed by atoms with Gasteiger partial charge >= 0.3 is 0 Å². The first-order valence-electron chi connectivity index (χ1n) is 9.24. The van der Waals surface area contributed by atoms with E-state index in [0.29, 0.717) is 12.0 Å². The van der Waals surface area contributed by atoms with Crippen molar-refractivity contribution in [1.29, 1.82) is 0 Å². The second kappa shape index (κ2) is 5.53. The van der Waals surface area contributed by atoms with E-state index in [2.05, 4.69) is 39.9 Å². The molecule has 122 valence electrons. The molecule has 3 aliphatic rings. The van der Waals surface area contributed by atoms with Gasteiger partial charge in [0.15, 0.2) is 0 Å². The quantitative estimate of drug-likeness (QED) is 0.812. The summed E-state index contributed by atoms with van der Waals surface area (Å²) in [5.74, 6) is 3.72. The van der Waals surface area contributed by atoms with Crippen LogP contribution in [0.3, 0.4) is 0 Å². The fourth-order valence-corrected chi connectivity index (χ4v) is 5.87. The molecule has 21 heavy (non-hydrogen) atoms. The Balaban J connectivity index is 1.69. The predicted octanol–water partition coefficient (Wildman–Crippen LogP) is 4.38. The topological polar surface area (TPSA) is 21.3 Å². The van der Waals surface area contributed by atoms with Gasteiger partial charge in [0, 0.05) is 12.0 Å².